The van der Waals surface area contributed by atoms with E-state index in [2.05, 4.69) is 5.10 Å². The first kappa shape index (κ1) is 15.5. The summed E-state index contributed by atoms with van der Waals surface area (Å²) in [6.45, 7) is 1.66. The number of rotatable bonds is 6. The van der Waals surface area contributed by atoms with E-state index in [1.165, 1.54) is 24.3 Å². The molecule has 1 unspecified atom stereocenters. The summed E-state index contributed by atoms with van der Waals surface area (Å²) in [5, 5.41) is 23.3. The van der Waals surface area contributed by atoms with Gasteiger partial charge in [-0.2, -0.15) is 9.78 Å². The Bertz CT molecular complexity index is 737. The Morgan fingerprint density at radius 1 is 1.48 bits per heavy atom. The zero-order chi connectivity index (χ0) is 16.6. The zero-order valence-electron chi connectivity index (χ0n) is 12.6. The largest absolute Gasteiger partial charge is 0.476 e. The summed E-state index contributed by atoms with van der Waals surface area (Å²) in [7, 11) is 0. The average Bonchev–Trinajstić information content (AvgIpc) is 3.27. The van der Waals surface area contributed by atoms with Crippen LogP contribution in [0.25, 0.3) is 5.69 Å². The van der Waals surface area contributed by atoms with Crippen molar-refractivity contribution in [3.05, 3.63) is 41.8 Å². The normalized spacial score (nSPS) is 16.8. The minimum Gasteiger partial charge on any atom is -0.476 e. The number of hydrogen-bond donors (Lipinski definition) is 2. The van der Waals surface area contributed by atoms with E-state index in [9.17, 15) is 14.3 Å². The Hall–Kier alpha value is -2.41. The third kappa shape index (κ3) is 3.19. The van der Waals surface area contributed by atoms with E-state index in [0.717, 1.165) is 17.5 Å². The number of aromatic carboxylic acids is 1. The Balaban J connectivity index is 1.92. The van der Waals surface area contributed by atoms with Crippen LogP contribution in [0.15, 0.2) is 30.3 Å². The van der Waals surface area contributed by atoms with Crippen LogP contribution in [0, 0.1) is 11.7 Å². The summed E-state index contributed by atoms with van der Waals surface area (Å²) in [6.07, 6.45) is 1.87. The highest BCUT2D eigenvalue weighted by Crippen LogP contribution is 2.39. The van der Waals surface area contributed by atoms with Gasteiger partial charge in [-0.25, -0.2) is 9.18 Å². The summed E-state index contributed by atoms with van der Waals surface area (Å²) in [5.74, 6) is -1.54. The smallest absolute Gasteiger partial charge is 0.356 e. The zero-order valence-corrected chi connectivity index (χ0v) is 12.6. The highest BCUT2D eigenvalue weighted by molar-refractivity contribution is 5.85. The monoisotopic (exact) mass is 320 g/mol. The summed E-state index contributed by atoms with van der Waals surface area (Å²) in [6, 6.07) is 7.09. The number of nitrogens with zero attached hydrogens (tertiary/aromatic N) is 2. The van der Waals surface area contributed by atoms with Gasteiger partial charge < -0.3 is 14.9 Å². The standard InChI is InChI=1S/C16H17FN2O4/c1-16(22,10-6-7-10)9-23-14-8-12(15(20)21)18-19(14)13-5-3-2-4-11(13)17/h2-5,8,10,22H,6-7,9H2,1H3,(H,20,21). The molecule has 0 spiro atoms. The molecule has 1 aliphatic rings. The summed E-state index contributed by atoms with van der Waals surface area (Å²) in [5.41, 5.74) is -1.18. The van der Waals surface area contributed by atoms with Crippen LogP contribution >= 0.6 is 0 Å². The van der Waals surface area contributed by atoms with Gasteiger partial charge in [0, 0.05) is 6.07 Å². The Morgan fingerprint density at radius 2 is 2.17 bits per heavy atom. The lowest BCUT2D eigenvalue weighted by atomic mass is 10.0. The molecule has 122 valence electrons. The maximum Gasteiger partial charge on any atom is 0.356 e. The van der Waals surface area contributed by atoms with Crippen LogP contribution in [0.4, 0.5) is 4.39 Å². The maximum atomic E-state index is 14.0. The van der Waals surface area contributed by atoms with Crippen molar-refractivity contribution < 1.29 is 24.1 Å². The number of ether oxygens (including phenoxy) is 1. The van der Waals surface area contributed by atoms with Gasteiger partial charge in [0.2, 0.25) is 5.88 Å². The molecule has 2 N–H and O–H groups in total. The predicted octanol–water partition coefficient (Wildman–Crippen LogP) is 2.25. The fraction of sp³-hybridized carbons (Fsp3) is 0.375. The molecule has 23 heavy (non-hydrogen) atoms. The van der Waals surface area contributed by atoms with Gasteiger partial charge in [0.25, 0.3) is 0 Å². The molecule has 1 aromatic heterocycles. The van der Waals surface area contributed by atoms with E-state index in [0.29, 0.717) is 0 Å². The van der Waals surface area contributed by atoms with Crippen molar-refractivity contribution in [1.29, 1.82) is 0 Å². The number of halogens is 1. The van der Waals surface area contributed by atoms with E-state index < -0.39 is 17.4 Å². The molecule has 0 radical (unpaired) electrons. The fourth-order valence-electron chi connectivity index (χ4n) is 2.41. The molecule has 1 aliphatic carbocycles. The van der Waals surface area contributed by atoms with E-state index in [4.69, 9.17) is 9.84 Å². The lowest BCUT2D eigenvalue weighted by molar-refractivity contribution is -0.00966. The number of para-hydroxylation sites is 1. The molecule has 7 heteroatoms. The van der Waals surface area contributed by atoms with Crippen LogP contribution in [-0.2, 0) is 0 Å². The van der Waals surface area contributed by atoms with Crippen molar-refractivity contribution in [1.82, 2.24) is 9.78 Å². The van der Waals surface area contributed by atoms with E-state index in [-0.39, 0.29) is 29.8 Å². The van der Waals surface area contributed by atoms with Gasteiger partial charge >= 0.3 is 5.97 Å². The van der Waals surface area contributed by atoms with Crippen LogP contribution in [-0.4, -0.2) is 38.2 Å². The second-order valence-electron chi connectivity index (χ2n) is 5.96. The van der Waals surface area contributed by atoms with Gasteiger partial charge in [0.1, 0.15) is 18.1 Å². The Labute approximate surface area is 132 Å². The van der Waals surface area contributed by atoms with Crippen molar-refractivity contribution in [2.24, 2.45) is 5.92 Å². The Kier molecular flexibility index (Phi) is 3.81. The van der Waals surface area contributed by atoms with Crippen molar-refractivity contribution in [2.75, 3.05) is 6.61 Å². The second-order valence-corrected chi connectivity index (χ2v) is 5.96. The number of carboxylic acids is 1. The number of hydrogen-bond acceptors (Lipinski definition) is 4. The summed E-state index contributed by atoms with van der Waals surface area (Å²) < 4.78 is 20.6. The summed E-state index contributed by atoms with van der Waals surface area (Å²) >= 11 is 0. The number of aliphatic hydroxyl groups is 1. The lowest BCUT2D eigenvalue weighted by Gasteiger charge is -2.23. The SMILES string of the molecule is CC(O)(COc1cc(C(=O)O)nn1-c1ccccc1F)C1CC1. The van der Waals surface area contributed by atoms with Crippen LogP contribution in [0.2, 0.25) is 0 Å². The van der Waals surface area contributed by atoms with E-state index >= 15 is 0 Å². The minimum atomic E-state index is -1.24. The Morgan fingerprint density at radius 3 is 2.78 bits per heavy atom. The topological polar surface area (TPSA) is 84.6 Å². The first-order valence-corrected chi connectivity index (χ1v) is 7.32. The van der Waals surface area contributed by atoms with E-state index in [1.807, 2.05) is 0 Å². The van der Waals surface area contributed by atoms with Crippen LogP contribution in [0.5, 0.6) is 5.88 Å². The van der Waals surface area contributed by atoms with Crippen molar-refractivity contribution in [3.63, 3.8) is 0 Å². The lowest BCUT2D eigenvalue weighted by Crippen LogP contribution is -2.35. The second kappa shape index (κ2) is 5.66. The predicted molar refractivity (Wildman–Crippen MR) is 79.3 cm³/mol. The van der Waals surface area contributed by atoms with Crippen LogP contribution in [0.3, 0.4) is 0 Å². The van der Waals surface area contributed by atoms with Crippen molar-refractivity contribution >= 4 is 5.97 Å². The van der Waals surface area contributed by atoms with Crippen molar-refractivity contribution in [2.45, 2.75) is 25.4 Å². The molecule has 1 atom stereocenters. The highest BCUT2D eigenvalue weighted by Gasteiger charge is 2.40. The highest BCUT2D eigenvalue weighted by atomic mass is 19.1. The van der Waals surface area contributed by atoms with Gasteiger partial charge in [-0.1, -0.05) is 12.1 Å². The molecule has 1 saturated carbocycles. The molecule has 1 aromatic carbocycles. The van der Waals surface area contributed by atoms with Crippen LogP contribution < -0.4 is 4.74 Å². The van der Waals surface area contributed by atoms with Gasteiger partial charge in [-0.15, -0.1) is 0 Å². The van der Waals surface area contributed by atoms with Gasteiger partial charge in [0.15, 0.2) is 5.69 Å². The first-order chi connectivity index (χ1) is 10.9. The van der Waals surface area contributed by atoms with Gasteiger partial charge in [-0.3, -0.25) is 0 Å². The number of benzene rings is 1. The molecule has 6 nitrogen and oxygen atoms in total. The molecule has 1 heterocycles. The third-order valence-corrected chi connectivity index (χ3v) is 3.95. The summed E-state index contributed by atoms with van der Waals surface area (Å²) in [4.78, 5) is 11.1. The molecule has 3 rings (SSSR count). The van der Waals surface area contributed by atoms with Crippen LogP contribution in [0.1, 0.15) is 30.3 Å². The molecule has 0 saturated heterocycles. The molecule has 1 fully saturated rings. The molecule has 2 aromatic rings. The molecule has 0 amide bonds. The first-order valence-electron chi connectivity index (χ1n) is 7.32. The molecule has 0 aliphatic heterocycles. The number of carboxylic acid groups (broad SMARTS) is 1. The molecular weight excluding hydrogens is 303 g/mol. The van der Waals surface area contributed by atoms with E-state index in [1.54, 1.807) is 13.0 Å². The van der Waals surface area contributed by atoms with Crippen molar-refractivity contribution in [3.8, 4) is 11.6 Å². The molecular formula is C16H17FN2O4. The quantitative estimate of drug-likeness (QED) is 0.853. The van der Waals surface area contributed by atoms with Gasteiger partial charge in [0.05, 0.1) is 5.60 Å². The fourth-order valence-corrected chi connectivity index (χ4v) is 2.41. The minimum absolute atomic E-state index is 0.0170. The third-order valence-electron chi connectivity index (χ3n) is 3.95. The molecule has 0 bridgehead atoms. The average molecular weight is 320 g/mol. The van der Waals surface area contributed by atoms with Gasteiger partial charge in [-0.05, 0) is 37.8 Å². The number of aromatic nitrogens is 2. The number of carbonyl (C=O) groups is 1. The maximum absolute atomic E-state index is 14.0.